The van der Waals surface area contributed by atoms with Crippen LogP contribution in [0.5, 0.6) is 0 Å². The van der Waals surface area contributed by atoms with Crippen LogP contribution < -0.4 is 0 Å². The lowest BCUT2D eigenvalue weighted by Crippen LogP contribution is -2.44. The Morgan fingerprint density at radius 1 is 1.22 bits per heavy atom. The number of carbonyl (C=O) groups is 2. The van der Waals surface area contributed by atoms with Crippen molar-refractivity contribution in [3.63, 3.8) is 0 Å². The van der Waals surface area contributed by atoms with E-state index in [0.717, 1.165) is 12.0 Å². The van der Waals surface area contributed by atoms with Gasteiger partial charge in [0.25, 0.3) is 0 Å². The second-order valence-electron chi connectivity index (χ2n) is 6.76. The van der Waals surface area contributed by atoms with Gasteiger partial charge in [-0.05, 0) is 39.2 Å². The molecule has 2 rings (SSSR count). The molecule has 1 aliphatic heterocycles. The Morgan fingerprint density at radius 3 is 2.57 bits per heavy atom. The van der Waals surface area contributed by atoms with Crippen LogP contribution in [-0.2, 0) is 25.7 Å². The lowest BCUT2D eigenvalue weighted by Gasteiger charge is -2.27. The van der Waals surface area contributed by atoms with Crippen molar-refractivity contribution in [1.29, 1.82) is 0 Å². The van der Waals surface area contributed by atoms with E-state index in [-0.39, 0.29) is 18.5 Å². The maximum Gasteiger partial charge on any atom is 0.329 e. The maximum absolute atomic E-state index is 12.3. The SMILES string of the molecule is CC(C)(C)OC(=O)[C@@H]1CCCN1C(=O)COCc1ccccc1. The van der Waals surface area contributed by atoms with Gasteiger partial charge in [0.2, 0.25) is 5.91 Å². The predicted octanol–water partition coefficient (Wildman–Crippen LogP) is 2.54. The van der Waals surface area contributed by atoms with Gasteiger partial charge in [-0.2, -0.15) is 0 Å². The van der Waals surface area contributed by atoms with Gasteiger partial charge in [-0.3, -0.25) is 4.79 Å². The molecule has 0 aromatic heterocycles. The van der Waals surface area contributed by atoms with Gasteiger partial charge in [0.1, 0.15) is 18.2 Å². The zero-order valence-electron chi connectivity index (χ0n) is 14.1. The van der Waals surface area contributed by atoms with Crippen LogP contribution in [0.2, 0.25) is 0 Å². The molecule has 0 aliphatic carbocycles. The predicted molar refractivity (Wildman–Crippen MR) is 86.7 cm³/mol. The summed E-state index contributed by atoms with van der Waals surface area (Å²) in [6.45, 7) is 6.43. The monoisotopic (exact) mass is 319 g/mol. The van der Waals surface area contributed by atoms with Gasteiger partial charge >= 0.3 is 5.97 Å². The molecule has 23 heavy (non-hydrogen) atoms. The quantitative estimate of drug-likeness (QED) is 0.783. The summed E-state index contributed by atoms with van der Waals surface area (Å²) in [5.41, 5.74) is 0.475. The fraction of sp³-hybridized carbons (Fsp3) is 0.556. The molecule has 1 aromatic rings. The number of likely N-dealkylation sites (tertiary alicyclic amines) is 1. The Labute approximate surface area is 137 Å². The van der Waals surface area contributed by atoms with E-state index in [0.29, 0.717) is 19.6 Å². The smallest absolute Gasteiger partial charge is 0.329 e. The molecular formula is C18H25NO4. The molecule has 0 saturated carbocycles. The summed E-state index contributed by atoms with van der Waals surface area (Å²) < 4.78 is 10.9. The van der Waals surface area contributed by atoms with Crippen LogP contribution in [0, 0.1) is 0 Å². The molecule has 0 unspecified atom stereocenters. The number of nitrogens with zero attached hydrogens (tertiary/aromatic N) is 1. The molecule has 0 radical (unpaired) electrons. The summed E-state index contributed by atoms with van der Waals surface area (Å²) in [4.78, 5) is 26.1. The van der Waals surface area contributed by atoms with Crippen molar-refractivity contribution < 1.29 is 19.1 Å². The van der Waals surface area contributed by atoms with E-state index >= 15 is 0 Å². The van der Waals surface area contributed by atoms with E-state index in [2.05, 4.69) is 0 Å². The van der Waals surface area contributed by atoms with Crippen molar-refractivity contribution in [1.82, 2.24) is 4.90 Å². The standard InChI is InChI=1S/C18H25NO4/c1-18(2,3)23-17(21)15-10-7-11-19(15)16(20)13-22-12-14-8-5-4-6-9-14/h4-6,8-9,15H,7,10-13H2,1-3H3/t15-/m0/s1. The van der Waals surface area contributed by atoms with Crippen molar-refractivity contribution in [2.24, 2.45) is 0 Å². The summed E-state index contributed by atoms with van der Waals surface area (Å²) in [6, 6.07) is 9.21. The average molecular weight is 319 g/mol. The van der Waals surface area contributed by atoms with Gasteiger partial charge in [-0.1, -0.05) is 30.3 Å². The first-order valence-corrected chi connectivity index (χ1v) is 8.01. The minimum atomic E-state index is -0.543. The Hall–Kier alpha value is -1.88. The van der Waals surface area contributed by atoms with Gasteiger partial charge in [0.05, 0.1) is 6.61 Å². The van der Waals surface area contributed by atoms with E-state index in [1.165, 1.54) is 0 Å². The van der Waals surface area contributed by atoms with Gasteiger partial charge in [0, 0.05) is 6.54 Å². The lowest BCUT2D eigenvalue weighted by molar-refractivity contribution is -0.164. The van der Waals surface area contributed by atoms with E-state index in [9.17, 15) is 9.59 Å². The topological polar surface area (TPSA) is 55.8 Å². The van der Waals surface area contributed by atoms with E-state index in [1.807, 2.05) is 51.1 Å². The fourth-order valence-corrected chi connectivity index (χ4v) is 2.59. The van der Waals surface area contributed by atoms with Crippen LogP contribution in [0.15, 0.2) is 30.3 Å². The van der Waals surface area contributed by atoms with Crippen LogP contribution in [0.3, 0.4) is 0 Å². The van der Waals surface area contributed by atoms with Crippen molar-refractivity contribution in [2.75, 3.05) is 13.2 Å². The summed E-state index contributed by atoms with van der Waals surface area (Å²) >= 11 is 0. The maximum atomic E-state index is 12.3. The number of rotatable bonds is 5. The highest BCUT2D eigenvalue weighted by Gasteiger charge is 2.36. The molecule has 126 valence electrons. The molecule has 5 nitrogen and oxygen atoms in total. The third-order valence-corrected chi connectivity index (χ3v) is 3.59. The summed E-state index contributed by atoms with van der Waals surface area (Å²) in [7, 11) is 0. The number of carbonyl (C=O) groups excluding carboxylic acids is 2. The molecule has 1 aromatic carbocycles. The number of amides is 1. The Morgan fingerprint density at radius 2 is 1.91 bits per heavy atom. The number of benzene rings is 1. The van der Waals surface area contributed by atoms with Crippen molar-refractivity contribution >= 4 is 11.9 Å². The first kappa shape index (κ1) is 17.5. The molecule has 1 aliphatic rings. The Kier molecular flexibility index (Phi) is 5.77. The lowest BCUT2D eigenvalue weighted by atomic mass is 10.1. The van der Waals surface area contributed by atoms with Crippen molar-refractivity contribution in [2.45, 2.75) is 51.9 Å². The van der Waals surface area contributed by atoms with Gasteiger partial charge < -0.3 is 14.4 Å². The molecule has 1 atom stereocenters. The minimum Gasteiger partial charge on any atom is -0.458 e. The molecule has 5 heteroatoms. The number of esters is 1. The normalized spacial score (nSPS) is 18.0. The van der Waals surface area contributed by atoms with E-state index in [1.54, 1.807) is 4.90 Å². The van der Waals surface area contributed by atoms with E-state index in [4.69, 9.17) is 9.47 Å². The third kappa shape index (κ3) is 5.36. The molecule has 0 spiro atoms. The molecule has 1 fully saturated rings. The summed E-state index contributed by atoms with van der Waals surface area (Å²) in [5.74, 6) is -0.485. The Bertz CT molecular complexity index is 536. The number of hydrogen-bond acceptors (Lipinski definition) is 4. The van der Waals surface area contributed by atoms with Crippen LogP contribution in [0.4, 0.5) is 0 Å². The second-order valence-corrected chi connectivity index (χ2v) is 6.76. The fourth-order valence-electron chi connectivity index (χ4n) is 2.59. The highest BCUT2D eigenvalue weighted by atomic mass is 16.6. The second kappa shape index (κ2) is 7.59. The first-order valence-electron chi connectivity index (χ1n) is 8.01. The van der Waals surface area contributed by atoms with Crippen LogP contribution in [0.25, 0.3) is 0 Å². The molecular weight excluding hydrogens is 294 g/mol. The molecule has 1 amide bonds. The highest BCUT2D eigenvalue weighted by molar-refractivity contribution is 5.86. The van der Waals surface area contributed by atoms with Crippen molar-refractivity contribution in [3.05, 3.63) is 35.9 Å². The minimum absolute atomic E-state index is 0.0197. The Balaban J connectivity index is 1.84. The zero-order valence-corrected chi connectivity index (χ0v) is 14.1. The van der Waals surface area contributed by atoms with Crippen LogP contribution >= 0.6 is 0 Å². The number of hydrogen-bond donors (Lipinski definition) is 0. The third-order valence-electron chi connectivity index (χ3n) is 3.59. The molecule has 0 bridgehead atoms. The van der Waals surface area contributed by atoms with Crippen LogP contribution in [0.1, 0.15) is 39.2 Å². The average Bonchev–Trinajstić information content (AvgIpc) is 2.96. The summed E-state index contributed by atoms with van der Waals surface area (Å²) in [5, 5.41) is 0. The largest absolute Gasteiger partial charge is 0.458 e. The highest BCUT2D eigenvalue weighted by Crippen LogP contribution is 2.21. The van der Waals surface area contributed by atoms with Crippen LogP contribution in [-0.4, -0.2) is 41.6 Å². The molecule has 1 saturated heterocycles. The number of ether oxygens (including phenoxy) is 2. The summed E-state index contributed by atoms with van der Waals surface area (Å²) in [6.07, 6.45) is 1.47. The zero-order chi connectivity index (χ0) is 16.9. The van der Waals surface area contributed by atoms with Gasteiger partial charge in [-0.25, -0.2) is 4.79 Å². The molecule has 0 N–H and O–H groups in total. The van der Waals surface area contributed by atoms with Gasteiger partial charge in [0.15, 0.2) is 0 Å². The first-order chi connectivity index (χ1) is 10.9. The van der Waals surface area contributed by atoms with Crippen molar-refractivity contribution in [3.8, 4) is 0 Å². The molecule has 1 heterocycles. The van der Waals surface area contributed by atoms with E-state index < -0.39 is 11.6 Å². The van der Waals surface area contributed by atoms with Gasteiger partial charge in [-0.15, -0.1) is 0 Å².